The van der Waals surface area contributed by atoms with E-state index in [2.05, 4.69) is 0 Å². The molecule has 1 N–H and O–H groups in total. The summed E-state index contributed by atoms with van der Waals surface area (Å²) in [6.07, 6.45) is 0. The SMILES string of the molecule is CC1C(C(=O)O)C12COC2. The quantitative estimate of drug-likeness (QED) is 0.574. The van der Waals surface area contributed by atoms with E-state index in [0.29, 0.717) is 19.1 Å². The van der Waals surface area contributed by atoms with Crippen LogP contribution in [0.5, 0.6) is 0 Å². The molecule has 2 aliphatic rings. The predicted molar refractivity (Wildman–Crippen MR) is 33.5 cm³/mol. The molecule has 1 saturated heterocycles. The molecule has 3 heteroatoms. The maximum Gasteiger partial charge on any atom is 0.307 e. The molecule has 1 saturated carbocycles. The van der Waals surface area contributed by atoms with E-state index in [1.54, 1.807) is 0 Å². The third-order valence-corrected chi connectivity index (χ3v) is 2.92. The fourth-order valence-corrected chi connectivity index (χ4v) is 1.94. The first kappa shape index (κ1) is 6.16. The van der Waals surface area contributed by atoms with Crippen LogP contribution in [0.2, 0.25) is 0 Å². The highest BCUT2D eigenvalue weighted by Crippen LogP contribution is 2.62. The molecule has 1 aliphatic heterocycles. The summed E-state index contributed by atoms with van der Waals surface area (Å²) < 4.78 is 4.99. The van der Waals surface area contributed by atoms with E-state index < -0.39 is 5.97 Å². The number of hydrogen-bond acceptors (Lipinski definition) is 2. The minimum Gasteiger partial charge on any atom is -0.481 e. The van der Waals surface area contributed by atoms with Gasteiger partial charge in [-0.1, -0.05) is 6.92 Å². The van der Waals surface area contributed by atoms with Gasteiger partial charge in [0, 0.05) is 5.41 Å². The average molecular weight is 142 g/mol. The maximum absolute atomic E-state index is 10.5. The third-order valence-electron chi connectivity index (χ3n) is 2.92. The van der Waals surface area contributed by atoms with E-state index in [1.165, 1.54) is 0 Å². The number of carbonyl (C=O) groups is 1. The van der Waals surface area contributed by atoms with E-state index in [-0.39, 0.29) is 11.3 Å². The molecule has 10 heavy (non-hydrogen) atoms. The standard InChI is InChI=1S/C7H10O3/c1-4-5(6(8)9)7(4)2-10-3-7/h4-5H,2-3H2,1H3,(H,8,9). The van der Waals surface area contributed by atoms with Gasteiger partial charge in [0.25, 0.3) is 0 Å². The van der Waals surface area contributed by atoms with Gasteiger partial charge in [0.15, 0.2) is 0 Å². The first-order valence-corrected chi connectivity index (χ1v) is 3.49. The summed E-state index contributed by atoms with van der Waals surface area (Å²) >= 11 is 0. The summed E-state index contributed by atoms with van der Waals surface area (Å²) in [5, 5.41) is 8.67. The zero-order valence-electron chi connectivity index (χ0n) is 5.83. The van der Waals surface area contributed by atoms with Crippen molar-refractivity contribution in [2.24, 2.45) is 17.3 Å². The molecular formula is C7H10O3. The third kappa shape index (κ3) is 0.475. The Kier molecular flexibility index (Phi) is 0.944. The summed E-state index contributed by atoms with van der Waals surface area (Å²) in [6, 6.07) is 0. The van der Waals surface area contributed by atoms with E-state index in [0.717, 1.165) is 0 Å². The molecule has 56 valence electrons. The highest BCUT2D eigenvalue weighted by Gasteiger charge is 2.69. The Hall–Kier alpha value is -0.570. The van der Waals surface area contributed by atoms with E-state index in [1.807, 2.05) is 6.92 Å². The Balaban J connectivity index is 2.10. The normalized spacial score (nSPS) is 40.9. The number of carboxylic acid groups (broad SMARTS) is 1. The van der Waals surface area contributed by atoms with Crippen LogP contribution in [0.4, 0.5) is 0 Å². The molecule has 2 atom stereocenters. The Morgan fingerprint density at radius 3 is 2.40 bits per heavy atom. The highest BCUT2D eigenvalue weighted by atomic mass is 16.5. The first-order valence-electron chi connectivity index (χ1n) is 3.49. The van der Waals surface area contributed by atoms with Gasteiger partial charge in [-0.3, -0.25) is 4.79 Å². The Morgan fingerprint density at radius 2 is 2.30 bits per heavy atom. The maximum atomic E-state index is 10.5. The van der Waals surface area contributed by atoms with Crippen LogP contribution in [-0.2, 0) is 9.53 Å². The van der Waals surface area contributed by atoms with Crippen LogP contribution in [0.3, 0.4) is 0 Å². The van der Waals surface area contributed by atoms with Crippen molar-refractivity contribution < 1.29 is 14.6 Å². The van der Waals surface area contributed by atoms with Gasteiger partial charge in [-0.05, 0) is 5.92 Å². The van der Waals surface area contributed by atoms with E-state index in [4.69, 9.17) is 9.84 Å². The van der Waals surface area contributed by atoms with Gasteiger partial charge in [-0.15, -0.1) is 0 Å². The number of aliphatic carboxylic acids is 1. The van der Waals surface area contributed by atoms with Crippen LogP contribution >= 0.6 is 0 Å². The van der Waals surface area contributed by atoms with Gasteiger partial charge in [0.05, 0.1) is 19.1 Å². The van der Waals surface area contributed by atoms with Crippen LogP contribution < -0.4 is 0 Å². The van der Waals surface area contributed by atoms with Crippen molar-refractivity contribution in [3.8, 4) is 0 Å². The van der Waals surface area contributed by atoms with Gasteiger partial charge >= 0.3 is 5.97 Å². The summed E-state index contributed by atoms with van der Waals surface area (Å²) in [6.45, 7) is 3.30. The minimum atomic E-state index is -0.657. The van der Waals surface area contributed by atoms with E-state index >= 15 is 0 Å². The second-order valence-corrected chi connectivity index (χ2v) is 3.33. The van der Waals surface area contributed by atoms with Crippen molar-refractivity contribution in [2.45, 2.75) is 6.92 Å². The van der Waals surface area contributed by atoms with Crippen molar-refractivity contribution in [1.82, 2.24) is 0 Å². The summed E-state index contributed by atoms with van der Waals surface area (Å²) in [4.78, 5) is 10.5. The second-order valence-electron chi connectivity index (χ2n) is 3.33. The first-order chi connectivity index (χ1) is 4.68. The lowest BCUT2D eigenvalue weighted by molar-refractivity contribution is -0.143. The number of carboxylic acids is 1. The molecule has 2 rings (SSSR count). The Morgan fingerprint density at radius 1 is 1.70 bits per heavy atom. The topological polar surface area (TPSA) is 46.5 Å². The molecule has 0 radical (unpaired) electrons. The molecule has 0 aromatic rings. The second kappa shape index (κ2) is 1.53. The monoisotopic (exact) mass is 142 g/mol. The molecule has 2 fully saturated rings. The molecule has 0 amide bonds. The minimum absolute atomic E-state index is 0.0475. The fourth-order valence-electron chi connectivity index (χ4n) is 1.94. The van der Waals surface area contributed by atoms with E-state index in [9.17, 15) is 4.79 Å². The van der Waals surface area contributed by atoms with Crippen molar-refractivity contribution in [2.75, 3.05) is 13.2 Å². The molecule has 0 aromatic heterocycles. The molecule has 1 spiro atoms. The van der Waals surface area contributed by atoms with Gasteiger partial charge in [0.1, 0.15) is 0 Å². The van der Waals surface area contributed by atoms with Gasteiger partial charge < -0.3 is 9.84 Å². The van der Waals surface area contributed by atoms with Crippen LogP contribution in [0, 0.1) is 17.3 Å². The van der Waals surface area contributed by atoms with Crippen LogP contribution in [-0.4, -0.2) is 24.3 Å². The lowest BCUT2D eigenvalue weighted by atomic mass is 10.0. The van der Waals surface area contributed by atoms with Crippen LogP contribution in [0.15, 0.2) is 0 Å². The van der Waals surface area contributed by atoms with Gasteiger partial charge in [0.2, 0.25) is 0 Å². The predicted octanol–water partition coefficient (Wildman–Crippen LogP) is 0.353. The Bertz CT molecular complexity index is 183. The highest BCUT2D eigenvalue weighted by molar-refractivity contribution is 5.76. The summed E-state index contributed by atoms with van der Waals surface area (Å²) in [5.74, 6) is -0.448. The molecule has 1 heterocycles. The average Bonchev–Trinajstić information content (AvgIpc) is 2.33. The molecule has 1 aliphatic carbocycles. The summed E-state index contributed by atoms with van der Waals surface area (Å²) in [5.41, 5.74) is 0.0475. The zero-order chi connectivity index (χ0) is 7.35. The number of ether oxygens (including phenoxy) is 1. The largest absolute Gasteiger partial charge is 0.481 e. The molecule has 0 bridgehead atoms. The fraction of sp³-hybridized carbons (Fsp3) is 0.857. The Labute approximate surface area is 59.0 Å². The molecule has 0 aromatic carbocycles. The molecule has 3 nitrogen and oxygen atoms in total. The molecule has 2 unspecified atom stereocenters. The van der Waals surface area contributed by atoms with Crippen LogP contribution in [0.25, 0.3) is 0 Å². The summed E-state index contributed by atoms with van der Waals surface area (Å²) in [7, 11) is 0. The smallest absolute Gasteiger partial charge is 0.307 e. The lowest BCUT2D eigenvalue weighted by Crippen LogP contribution is -2.33. The number of rotatable bonds is 1. The van der Waals surface area contributed by atoms with Gasteiger partial charge in [-0.25, -0.2) is 0 Å². The van der Waals surface area contributed by atoms with Crippen molar-refractivity contribution >= 4 is 5.97 Å². The van der Waals surface area contributed by atoms with Gasteiger partial charge in [-0.2, -0.15) is 0 Å². The zero-order valence-corrected chi connectivity index (χ0v) is 5.83. The number of hydrogen-bond donors (Lipinski definition) is 1. The lowest BCUT2D eigenvalue weighted by Gasteiger charge is -2.27. The van der Waals surface area contributed by atoms with Crippen LogP contribution in [0.1, 0.15) is 6.92 Å². The van der Waals surface area contributed by atoms with Crippen molar-refractivity contribution in [3.05, 3.63) is 0 Å². The van der Waals surface area contributed by atoms with Crippen molar-refractivity contribution in [3.63, 3.8) is 0 Å². The molecular weight excluding hydrogens is 132 g/mol. The van der Waals surface area contributed by atoms with Crippen molar-refractivity contribution in [1.29, 1.82) is 0 Å².